The summed E-state index contributed by atoms with van der Waals surface area (Å²) in [4.78, 5) is 13.6. The zero-order valence-electron chi connectivity index (χ0n) is 12.6. The van der Waals surface area contributed by atoms with Crippen molar-refractivity contribution in [2.45, 2.75) is 26.2 Å². The first-order valence-electron chi connectivity index (χ1n) is 7.34. The predicted molar refractivity (Wildman–Crippen MR) is 83.9 cm³/mol. The third kappa shape index (κ3) is 3.24. The molecule has 1 aromatic rings. The highest BCUT2D eigenvalue weighted by Gasteiger charge is 2.23. The van der Waals surface area contributed by atoms with Crippen molar-refractivity contribution in [2.24, 2.45) is 11.8 Å². The van der Waals surface area contributed by atoms with Crippen LogP contribution in [0.25, 0.3) is 0 Å². The van der Waals surface area contributed by atoms with Crippen LogP contribution in [-0.2, 0) is 0 Å². The fourth-order valence-electron chi connectivity index (χ4n) is 2.87. The number of carbonyl (C=O) groups is 1. The number of nitrogens with one attached hydrogen (secondary N) is 1. The number of carbonyl (C=O) groups excluding carboxylic acids is 1. The lowest BCUT2D eigenvalue weighted by molar-refractivity contribution is 0.0827. The molecule has 20 heavy (non-hydrogen) atoms. The van der Waals surface area contributed by atoms with E-state index in [2.05, 4.69) is 12.2 Å². The highest BCUT2D eigenvalue weighted by molar-refractivity contribution is 5.95. The molecule has 0 aromatic heterocycles. The second-order valence-corrected chi connectivity index (χ2v) is 6.05. The van der Waals surface area contributed by atoms with E-state index in [1.165, 1.54) is 19.3 Å². The summed E-state index contributed by atoms with van der Waals surface area (Å²) >= 11 is 0. The van der Waals surface area contributed by atoms with Gasteiger partial charge in [-0.15, -0.1) is 0 Å². The lowest BCUT2D eigenvalue weighted by atomic mass is 9.98. The van der Waals surface area contributed by atoms with Crippen LogP contribution in [0, 0.1) is 11.8 Å². The van der Waals surface area contributed by atoms with E-state index in [1.54, 1.807) is 31.1 Å². The number of hydrogen-bond acceptors (Lipinski definition) is 3. The molecule has 1 aromatic carbocycles. The Labute approximate surface area is 121 Å². The van der Waals surface area contributed by atoms with Crippen LogP contribution in [0.5, 0.6) is 0 Å². The Hall–Kier alpha value is -1.71. The van der Waals surface area contributed by atoms with Crippen LogP contribution in [0.3, 0.4) is 0 Å². The third-order valence-electron chi connectivity index (χ3n) is 4.30. The van der Waals surface area contributed by atoms with E-state index >= 15 is 0 Å². The standard InChI is InChI=1S/C16H25N3O/c1-11-5-4-6-13(11)10-18-15-9-12(7-8-14(15)17)16(20)19(2)3/h7-9,11,13,18H,4-6,10,17H2,1-3H3. The topological polar surface area (TPSA) is 58.4 Å². The van der Waals surface area contributed by atoms with Gasteiger partial charge in [0.25, 0.3) is 5.91 Å². The predicted octanol–water partition coefficient (Wildman–Crippen LogP) is 2.82. The third-order valence-corrected chi connectivity index (χ3v) is 4.30. The first-order chi connectivity index (χ1) is 9.49. The van der Waals surface area contributed by atoms with Gasteiger partial charge in [0, 0.05) is 26.2 Å². The van der Waals surface area contributed by atoms with Crippen LogP contribution in [-0.4, -0.2) is 31.4 Å². The number of nitrogen functional groups attached to an aromatic ring is 1. The quantitative estimate of drug-likeness (QED) is 0.831. The Kier molecular flexibility index (Phi) is 4.53. The Balaban J connectivity index is 2.06. The lowest BCUT2D eigenvalue weighted by Crippen LogP contribution is -2.22. The molecule has 0 aliphatic heterocycles. The van der Waals surface area contributed by atoms with Gasteiger partial charge in [0.15, 0.2) is 0 Å². The number of rotatable bonds is 4. The Morgan fingerprint density at radius 3 is 2.75 bits per heavy atom. The summed E-state index contributed by atoms with van der Waals surface area (Å²) in [5.41, 5.74) is 8.24. The molecule has 0 bridgehead atoms. The molecule has 1 saturated carbocycles. The Bertz CT molecular complexity index is 485. The average molecular weight is 275 g/mol. The maximum atomic E-state index is 12.0. The van der Waals surface area contributed by atoms with Crippen LogP contribution >= 0.6 is 0 Å². The Morgan fingerprint density at radius 2 is 2.15 bits per heavy atom. The van der Waals surface area contributed by atoms with E-state index in [1.807, 2.05) is 6.07 Å². The molecule has 0 radical (unpaired) electrons. The SMILES string of the molecule is CC1CCCC1CNc1cc(C(=O)N(C)C)ccc1N. The van der Waals surface area contributed by atoms with Gasteiger partial charge in [0.1, 0.15) is 0 Å². The summed E-state index contributed by atoms with van der Waals surface area (Å²) in [6, 6.07) is 5.44. The van der Waals surface area contributed by atoms with E-state index in [-0.39, 0.29) is 5.91 Å². The normalized spacial score (nSPS) is 21.8. The van der Waals surface area contributed by atoms with Gasteiger partial charge in [-0.05, 0) is 36.5 Å². The van der Waals surface area contributed by atoms with Crippen molar-refractivity contribution >= 4 is 17.3 Å². The van der Waals surface area contributed by atoms with E-state index < -0.39 is 0 Å². The van der Waals surface area contributed by atoms with Gasteiger partial charge in [-0.1, -0.05) is 19.8 Å². The fourth-order valence-corrected chi connectivity index (χ4v) is 2.87. The van der Waals surface area contributed by atoms with Gasteiger partial charge >= 0.3 is 0 Å². The minimum absolute atomic E-state index is 0.00212. The van der Waals surface area contributed by atoms with Gasteiger partial charge in [-0.25, -0.2) is 0 Å². The first-order valence-corrected chi connectivity index (χ1v) is 7.34. The van der Waals surface area contributed by atoms with Crippen LogP contribution in [0.15, 0.2) is 18.2 Å². The second-order valence-electron chi connectivity index (χ2n) is 6.05. The summed E-state index contributed by atoms with van der Waals surface area (Å²) in [5.74, 6) is 1.49. The van der Waals surface area contributed by atoms with Crippen molar-refractivity contribution in [3.8, 4) is 0 Å². The van der Waals surface area contributed by atoms with Gasteiger partial charge in [0.05, 0.1) is 11.4 Å². The molecule has 4 nitrogen and oxygen atoms in total. The molecule has 0 spiro atoms. The minimum Gasteiger partial charge on any atom is -0.397 e. The number of nitrogens with two attached hydrogens (primary N) is 1. The maximum Gasteiger partial charge on any atom is 0.253 e. The monoisotopic (exact) mass is 275 g/mol. The molecule has 0 saturated heterocycles. The summed E-state index contributed by atoms with van der Waals surface area (Å²) < 4.78 is 0. The van der Waals surface area contributed by atoms with E-state index in [9.17, 15) is 4.79 Å². The first kappa shape index (κ1) is 14.7. The fraction of sp³-hybridized carbons (Fsp3) is 0.562. The molecule has 2 atom stereocenters. The van der Waals surface area contributed by atoms with Crippen molar-refractivity contribution in [1.29, 1.82) is 0 Å². The molecule has 2 unspecified atom stereocenters. The molecule has 0 heterocycles. The van der Waals surface area contributed by atoms with Crippen LogP contribution in [0.1, 0.15) is 36.5 Å². The minimum atomic E-state index is 0.00212. The zero-order valence-corrected chi connectivity index (χ0v) is 12.6. The number of nitrogens with zero attached hydrogens (tertiary/aromatic N) is 1. The molecular weight excluding hydrogens is 250 g/mol. The molecule has 1 fully saturated rings. The van der Waals surface area contributed by atoms with Gasteiger partial charge in [-0.3, -0.25) is 4.79 Å². The largest absolute Gasteiger partial charge is 0.397 e. The van der Waals surface area contributed by atoms with E-state index in [0.717, 1.165) is 18.2 Å². The summed E-state index contributed by atoms with van der Waals surface area (Å²) in [6.07, 6.45) is 3.92. The smallest absolute Gasteiger partial charge is 0.253 e. The van der Waals surface area contributed by atoms with Crippen molar-refractivity contribution in [3.05, 3.63) is 23.8 Å². The molecule has 3 N–H and O–H groups in total. The lowest BCUT2D eigenvalue weighted by Gasteiger charge is -2.18. The van der Waals surface area contributed by atoms with Crippen molar-refractivity contribution in [1.82, 2.24) is 4.90 Å². The van der Waals surface area contributed by atoms with Crippen molar-refractivity contribution in [2.75, 3.05) is 31.7 Å². The zero-order chi connectivity index (χ0) is 14.7. The van der Waals surface area contributed by atoms with Crippen LogP contribution in [0.4, 0.5) is 11.4 Å². The van der Waals surface area contributed by atoms with Gasteiger partial charge < -0.3 is 16.0 Å². The number of anilines is 2. The van der Waals surface area contributed by atoms with Crippen molar-refractivity contribution in [3.63, 3.8) is 0 Å². The molecule has 1 amide bonds. The number of hydrogen-bond donors (Lipinski definition) is 2. The Morgan fingerprint density at radius 1 is 1.40 bits per heavy atom. The van der Waals surface area contributed by atoms with Gasteiger partial charge in [-0.2, -0.15) is 0 Å². The molecular formula is C16H25N3O. The van der Waals surface area contributed by atoms with Crippen molar-refractivity contribution < 1.29 is 4.79 Å². The molecule has 4 heteroatoms. The second kappa shape index (κ2) is 6.16. The summed E-state index contributed by atoms with van der Waals surface area (Å²) in [5, 5.41) is 3.42. The molecule has 2 rings (SSSR count). The highest BCUT2D eigenvalue weighted by Crippen LogP contribution is 2.32. The summed E-state index contributed by atoms with van der Waals surface area (Å²) in [7, 11) is 3.51. The summed E-state index contributed by atoms with van der Waals surface area (Å²) in [6.45, 7) is 3.25. The average Bonchev–Trinajstić information content (AvgIpc) is 2.82. The molecule has 1 aliphatic rings. The highest BCUT2D eigenvalue weighted by atomic mass is 16.2. The molecule has 110 valence electrons. The molecule has 1 aliphatic carbocycles. The number of benzene rings is 1. The maximum absolute atomic E-state index is 12.0. The number of amides is 1. The van der Waals surface area contributed by atoms with E-state index in [0.29, 0.717) is 17.2 Å². The van der Waals surface area contributed by atoms with E-state index in [4.69, 9.17) is 5.73 Å². The van der Waals surface area contributed by atoms with Gasteiger partial charge in [0.2, 0.25) is 0 Å². The van der Waals surface area contributed by atoms with Crippen LogP contribution in [0.2, 0.25) is 0 Å². The van der Waals surface area contributed by atoms with Crippen LogP contribution < -0.4 is 11.1 Å².